The van der Waals surface area contributed by atoms with E-state index in [1.165, 1.54) is 16.7 Å². The van der Waals surface area contributed by atoms with Gasteiger partial charge in [0.15, 0.2) is 0 Å². The Hall–Kier alpha value is -1.52. The average Bonchev–Trinajstić information content (AvgIpc) is 2.59. The minimum atomic E-state index is -1.13. The van der Waals surface area contributed by atoms with Gasteiger partial charge in [-0.2, -0.15) is 5.26 Å². The summed E-state index contributed by atoms with van der Waals surface area (Å²) in [5.41, 5.74) is 5.86. The van der Waals surface area contributed by atoms with Crippen LogP contribution in [0.15, 0.2) is 10.6 Å². The zero-order valence-electron chi connectivity index (χ0n) is 8.92. The summed E-state index contributed by atoms with van der Waals surface area (Å²) in [6.45, 7) is 0. The number of thioether (sulfide) groups is 1. The molecule has 0 saturated carbocycles. The number of hydrogen-bond donors (Lipinski definition) is 2. The lowest BCUT2D eigenvalue weighted by Gasteiger charge is -2.33. The quantitative estimate of drug-likeness (QED) is 0.694. The molecule has 2 heterocycles. The molecule has 1 amide bonds. The second-order valence-corrected chi connectivity index (χ2v) is 5.08. The number of β-lactam (4-membered cyclic amide) rings is 1. The van der Waals surface area contributed by atoms with E-state index in [1.54, 1.807) is 0 Å². The van der Waals surface area contributed by atoms with Crippen molar-refractivity contribution >= 4 is 23.6 Å². The summed E-state index contributed by atoms with van der Waals surface area (Å²) >= 11 is 1.33. The van der Waals surface area contributed by atoms with Crippen molar-refractivity contribution in [2.75, 3.05) is 0 Å². The molecule has 6 nitrogen and oxygen atoms in total. The number of carbonyl (C=O) groups is 2. The number of hydrogen-bond acceptors (Lipinski definition) is 5. The second kappa shape index (κ2) is 4.39. The number of carboxylic acids is 1. The first-order valence-electron chi connectivity index (χ1n) is 5.15. The number of fused-ring (bicyclic) bond motifs is 1. The third-order valence-corrected chi connectivity index (χ3v) is 4.15. The van der Waals surface area contributed by atoms with E-state index in [2.05, 4.69) is 0 Å². The first-order valence-corrected chi connectivity index (χ1v) is 6.03. The Morgan fingerprint density at radius 2 is 2.47 bits per heavy atom. The fourth-order valence-corrected chi connectivity index (χ4v) is 3.33. The molecule has 2 atom stereocenters. The standard InChI is InChI=1S/C10H11N3O3S/c11-3-1-2-5(12)9-8(10(15)16)13-6(14)4-7(13)17-9/h5,7H,1-2,4,12H2,(H,15,16)/t5?,7-/m1/s1. The third kappa shape index (κ3) is 1.90. The maximum atomic E-state index is 11.3. The number of rotatable bonds is 4. The van der Waals surface area contributed by atoms with Gasteiger partial charge >= 0.3 is 5.97 Å². The van der Waals surface area contributed by atoms with Crippen LogP contribution in [0.4, 0.5) is 0 Å². The Morgan fingerprint density at radius 1 is 1.76 bits per heavy atom. The first kappa shape index (κ1) is 12.0. The van der Waals surface area contributed by atoms with E-state index in [1.807, 2.05) is 6.07 Å². The van der Waals surface area contributed by atoms with Crippen LogP contribution in [0.2, 0.25) is 0 Å². The zero-order valence-corrected chi connectivity index (χ0v) is 9.74. The third-order valence-electron chi connectivity index (χ3n) is 2.75. The summed E-state index contributed by atoms with van der Waals surface area (Å²) < 4.78 is 0. The number of nitrogens with two attached hydrogens (primary N) is 1. The van der Waals surface area contributed by atoms with Gasteiger partial charge in [-0.05, 0) is 6.42 Å². The summed E-state index contributed by atoms with van der Waals surface area (Å²) in [5.74, 6) is -1.31. The molecule has 1 unspecified atom stereocenters. The molecule has 0 aromatic heterocycles. The van der Waals surface area contributed by atoms with Gasteiger partial charge in [0.2, 0.25) is 5.91 Å². The van der Waals surface area contributed by atoms with Crippen LogP contribution >= 0.6 is 11.8 Å². The second-order valence-electron chi connectivity index (χ2n) is 3.86. The largest absolute Gasteiger partial charge is 0.477 e. The van der Waals surface area contributed by atoms with E-state index >= 15 is 0 Å². The molecule has 90 valence electrons. The highest BCUT2D eigenvalue weighted by Gasteiger charge is 2.49. The fourth-order valence-electron chi connectivity index (χ4n) is 1.89. The van der Waals surface area contributed by atoms with Gasteiger partial charge in [-0.15, -0.1) is 11.8 Å². The van der Waals surface area contributed by atoms with E-state index in [0.717, 1.165) is 0 Å². The number of amides is 1. The van der Waals surface area contributed by atoms with Crippen molar-refractivity contribution in [3.63, 3.8) is 0 Å². The number of nitrogens with zero attached hydrogens (tertiary/aromatic N) is 2. The van der Waals surface area contributed by atoms with Crippen LogP contribution in [0.3, 0.4) is 0 Å². The summed E-state index contributed by atoms with van der Waals surface area (Å²) in [5, 5.41) is 17.5. The zero-order chi connectivity index (χ0) is 12.6. The molecule has 0 aromatic rings. The molecule has 17 heavy (non-hydrogen) atoms. The Kier molecular flexibility index (Phi) is 3.09. The van der Waals surface area contributed by atoms with Crippen LogP contribution in [0, 0.1) is 11.3 Å². The fraction of sp³-hybridized carbons (Fsp3) is 0.500. The van der Waals surface area contributed by atoms with Gasteiger partial charge in [0.1, 0.15) is 5.70 Å². The molecule has 2 aliphatic heterocycles. The predicted molar refractivity (Wildman–Crippen MR) is 60.3 cm³/mol. The van der Waals surface area contributed by atoms with Crippen LogP contribution in [-0.2, 0) is 9.59 Å². The normalized spacial score (nSPS) is 24.1. The molecule has 2 rings (SSSR count). The lowest BCUT2D eigenvalue weighted by Crippen LogP contribution is -2.48. The topological polar surface area (TPSA) is 107 Å². The molecule has 0 bridgehead atoms. The lowest BCUT2D eigenvalue weighted by molar-refractivity contribution is -0.145. The van der Waals surface area contributed by atoms with Gasteiger partial charge in [-0.1, -0.05) is 0 Å². The summed E-state index contributed by atoms with van der Waals surface area (Å²) in [6, 6.07) is 1.49. The van der Waals surface area contributed by atoms with Gasteiger partial charge in [0, 0.05) is 17.4 Å². The maximum Gasteiger partial charge on any atom is 0.353 e. The summed E-state index contributed by atoms with van der Waals surface area (Å²) in [4.78, 5) is 24.3. The summed E-state index contributed by atoms with van der Waals surface area (Å²) in [7, 11) is 0. The smallest absolute Gasteiger partial charge is 0.353 e. The highest BCUT2D eigenvalue weighted by molar-refractivity contribution is 8.04. The average molecular weight is 253 g/mol. The molecule has 3 N–H and O–H groups in total. The van der Waals surface area contributed by atoms with Crippen LogP contribution < -0.4 is 5.73 Å². The Labute approximate surface area is 102 Å². The van der Waals surface area contributed by atoms with Crippen LogP contribution in [0.1, 0.15) is 19.3 Å². The minimum Gasteiger partial charge on any atom is -0.477 e. The van der Waals surface area contributed by atoms with Crippen molar-refractivity contribution in [2.24, 2.45) is 5.73 Å². The predicted octanol–water partition coefficient (Wildman–Crippen LogP) is 0.219. The van der Waals surface area contributed by atoms with E-state index in [-0.39, 0.29) is 23.4 Å². The molecule has 0 aliphatic carbocycles. The van der Waals surface area contributed by atoms with Crippen molar-refractivity contribution in [1.29, 1.82) is 5.26 Å². The maximum absolute atomic E-state index is 11.3. The van der Waals surface area contributed by atoms with Gasteiger partial charge < -0.3 is 10.8 Å². The van der Waals surface area contributed by atoms with E-state index in [9.17, 15) is 9.59 Å². The summed E-state index contributed by atoms with van der Waals surface area (Å²) in [6.07, 6.45) is 1.04. The number of aliphatic carboxylic acids is 1. The first-order chi connectivity index (χ1) is 8.06. The molecule has 0 spiro atoms. The Balaban J connectivity index is 2.23. The molecular weight excluding hydrogens is 242 g/mol. The Bertz CT molecular complexity index is 454. The minimum absolute atomic E-state index is 0.00156. The highest BCUT2D eigenvalue weighted by atomic mass is 32.2. The van der Waals surface area contributed by atoms with Gasteiger partial charge in [-0.3, -0.25) is 9.69 Å². The van der Waals surface area contributed by atoms with Crippen molar-refractivity contribution in [2.45, 2.75) is 30.7 Å². The van der Waals surface area contributed by atoms with Crippen LogP contribution in [-0.4, -0.2) is 33.3 Å². The van der Waals surface area contributed by atoms with Gasteiger partial charge in [0.25, 0.3) is 0 Å². The molecule has 1 saturated heterocycles. The van der Waals surface area contributed by atoms with Crippen LogP contribution in [0.5, 0.6) is 0 Å². The van der Waals surface area contributed by atoms with Crippen molar-refractivity contribution < 1.29 is 14.7 Å². The molecule has 2 aliphatic rings. The van der Waals surface area contributed by atoms with Crippen molar-refractivity contribution in [3.05, 3.63) is 10.6 Å². The lowest BCUT2D eigenvalue weighted by atomic mass is 10.1. The van der Waals surface area contributed by atoms with E-state index in [0.29, 0.717) is 17.7 Å². The van der Waals surface area contributed by atoms with E-state index in [4.69, 9.17) is 16.1 Å². The molecule has 0 aromatic carbocycles. The molecule has 7 heteroatoms. The molecule has 0 radical (unpaired) electrons. The Morgan fingerprint density at radius 3 is 3.00 bits per heavy atom. The van der Waals surface area contributed by atoms with Crippen molar-refractivity contribution in [3.8, 4) is 6.07 Å². The monoisotopic (exact) mass is 253 g/mol. The van der Waals surface area contributed by atoms with Gasteiger partial charge in [0.05, 0.1) is 17.9 Å². The number of carboxylic acid groups (broad SMARTS) is 1. The van der Waals surface area contributed by atoms with E-state index < -0.39 is 12.0 Å². The van der Waals surface area contributed by atoms with Gasteiger partial charge in [-0.25, -0.2) is 4.79 Å². The number of nitriles is 1. The SMILES string of the molecule is N#CCCC(N)C1=C(C(=O)O)N2C(=O)C[C@H]2S1. The molecule has 1 fully saturated rings. The number of carbonyl (C=O) groups excluding carboxylic acids is 1. The highest BCUT2D eigenvalue weighted by Crippen LogP contribution is 2.47. The van der Waals surface area contributed by atoms with Crippen LogP contribution in [0.25, 0.3) is 0 Å². The molecular formula is C10H11N3O3S. The van der Waals surface area contributed by atoms with Crippen molar-refractivity contribution in [1.82, 2.24) is 4.90 Å².